The van der Waals surface area contributed by atoms with Crippen LogP contribution < -0.4 is 25.8 Å². The third kappa shape index (κ3) is 8.00. The molecule has 3 saturated carbocycles. The van der Waals surface area contributed by atoms with Gasteiger partial charge < -0.3 is 40.2 Å². The summed E-state index contributed by atoms with van der Waals surface area (Å²) in [7, 11) is 0. The fraction of sp³-hybridized carbons (Fsp3) is 0.667. The molecule has 3 amide bonds. The lowest BCUT2D eigenvalue weighted by atomic mass is 9.85. The number of aromatic nitrogens is 1. The molecule has 4 N–H and O–H groups in total. The van der Waals surface area contributed by atoms with Crippen molar-refractivity contribution < 1.29 is 33.3 Å². The first kappa shape index (κ1) is 34.9. The second-order valence-corrected chi connectivity index (χ2v) is 16.0. The number of hydrogen-bond acceptors (Lipinski definition) is 10. The molecule has 3 aliphatic carbocycles. The van der Waals surface area contributed by atoms with E-state index in [1.54, 1.807) is 0 Å². The maximum Gasteiger partial charge on any atom is 0.408 e. The number of carbonyl (C=O) groups excluding carboxylic acids is 3. The van der Waals surface area contributed by atoms with Gasteiger partial charge in [-0.05, 0) is 61.5 Å². The zero-order valence-electron chi connectivity index (χ0n) is 29.1. The number of likely N-dealkylation sites (tertiary alicyclic amines) is 1. The molecule has 7 rings (SSSR count). The van der Waals surface area contributed by atoms with E-state index in [-0.39, 0.29) is 19.1 Å². The van der Waals surface area contributed by atoms with Crippen LogP contribution in [0.15, 0.2) is 18.2 Å². The van der Waals surface area contributed by atoms with Crippen molar-refractivity contribution in [1.82, 2.24) is 20.1 Å². The van der Waals surface area contributed by atoms with Crippen molar-refractivity contribution in [3.05, 3.63) is 23.2 Å². The van der Waals surface area contributed by atoms with Crippen LogP contribution in [0.25, 0.3) is 10.9 Å². The van der Waals surface area contributed by atoms with Gasteiger partial charge >= 0.3 is 6.09 Å². The number of nitrogens with zero attached hydrogens (tertiary/aromatic N) is 3. The molecule has 2 saturated heterocycles. The highest BCUT2D eigenvalue weighted by atomic mass is 35.5. The minimum atomic E-state index is -0.942. The average molecular weight is 713 g/mol. The molecule has 0 radical (unpaired) electrons. The molecule has 13 nitrogen and oxygen atoms in total. The van der Waals surface area contributed by atoms with Gasteiger partial charge in [0.25, 0.3) is 0 Å². The Kier molecular flexibility index (Phi) is 9.92. The Morgan fingerprint density at radius 2 is 1.80 bits per heavy atom. The first-order valence-corrected chi connectivity index (χ1v) is 18.4. The molecule has 3 heterocycles. The molecule has 5 aliphatic rings. The van der Waals surface area contributed by atoms with Gasteiger partial charge in [0.2, 0.25) is 11.8 Å². The summed E-state index contributed by atoms with van der Waals surface area (Å²) in [5.74, 6) is 1.94. The number of benzene rings is 1. The summed E-state index contributed by atoms with van der Waals surface area (Å²) in [5.41, 5.74) is 5.72. The second-order valence-electron chi connectivity index (χ2n) is 15.6. The van der Waals surface area contributed by atoms with Crippen molar-refractivity contribution >= 4 is 46.2 Å². The standard InChI is InChI=1S/C36H49ClN6O7/c1-36(2,3)32(41-35(46)50-23-15-20-14-21(20)16-23)34(45)43-19-24(17-26(43)33(38)44)49-28-18-29(39-22-4-5-22)40-31-25(28)6-7-27(30(31)37)48-13-10-42-8-11-47-12-9-42/h6-7,18,20-24,26,32H,4-5,8-17,19H2,1-3H3,(H2,38,44)(H,39,40)(H,41,46)/t20-,21+,23?,24-,26+,32-/m1/s1. The fourth-order valence-electron chi connectivity index (χ4n) is 7.49. The summed E-state index contributed by atoms with van der Waals surface area (Å²) < 4.78 is 23.8. The van der Waals surface area contributed by atoms with Crippen molar-refractivity contribution in [3.8, 4) is 11.5 Å². The van der Waals surface area contributed by atoms with Crippen LogP contribution in [-0.2, 0) is 19.1 Å². The van der Waals surface area contributed by atoms with Crippen molar-refractivity contribution in [3.63, 3.8) is 0 Å². The van der Waals surface area contributed by atoms with Crippen LogP contribution in [0.4, 0.5) is 10.6 Å². The third-order valence-electron chi connectivity index (χ3n) is 10.6. The quantitative estimate of drug-likeness (QED) is 0.295. The van der Waals surface area contributed by atoms with Crippen LogP contribution in [0.5, 0.6) is 11.5 Å². The SMILES string of the molecule is CC(C)(C)[C@H](NC(=O)OC1C[C@@H]2C[C@@H]2C1)C(=O)N1C[C@H](Oc2cc(NC3CC3)nc3c(Cl)c(OCCN4CCOCC4)ccc23)C[C@H]1C(N)=O. The molecule has 6 atom stereocenters. The Labute approximate surface area is 297 Å². The number of anilines is 1. The molecule has 1 aromatic carbocycles. The Hall–Kier alpha value is -3.55. The summed E-state index contributed by atoms with van der Waals surface area (Å²) in [5, 5.41) is 7.32. The molecular formula is C36H49ClN6O7. The van der Waals surface area contributed by atoms with E-state index in [9.17, 15) is 14.4 Å². The van der Waals surface area contributed by atoms with Crippen molar-refractivity contribution in [2.75, 3.05) is 51.3 Å². The highest BCUT2D eigenvalue weighted by Crippen LogP contribution is 2.52. The number of primary amides is 1. The first-order chi connectivity index (χ1) is 23.9. The lowest BCUT2D eigenvalue weighted by molar-refractivity contribution is -0.141. The van der Waals surface area contributed by atoms with E-state index in [1.807, 2.05) is 39.0 Å². The van der Waals surface area contributed by atoms with Crippen LogP contribution in [0, 0.1) is 17.3 Å². The number of amides is 3. The van der Waals surface area contributed by atoms with E-state index in [0.29, 0.717) is 57.7 Å². The highest BCUT2D eigenvalue weighted by Gasteiger charge is 2.48. The molecule has 1 aromatic heterocycles. The van der Waals surface area contributed by atoms with Gasteiger partial charge in [-0.3, -0.25) is 14.5 Å². The maximum atomic E-state index is 14.1. The van der Waals surface area contributed by atoms with Gasteiger partial charge in [-0.2, -0.15) is 0 Å². The van der Waals surface area contributed by atoms with E-state index in [2.05, 4.69) is 15.5 Å². The number of ether oxygens (including phenoxy) is 4. The van der Waals surface area contributed by atoms with Gasteiger partial charge in [-0.15, -0.1) is 0 Å². The molecule has 2 aromatic rings. The van der Waals surface area contributed by atoms with Crippen LogP contribution in [0.2, 0.25) is 5.02 Å². The summed E-state index contributed by atoms with van der Waals surface area (Å²) >= 11 is 6.92. The predicted molar refractivity (Wildman–Crippen MR) is 187 cm³/mol. The van der Waals surface area contributed by atoms with E-state index < -0.39 is 41.5 Å². The number of hydrogen-bond donors (Lipinski definition) is 3. The molecule has 0 bridgehead atoms. The summed E-state index contributed by atoms with van der Waals surface area (Å²) in [4.78, 5) is 48.4. The van der Waals surface area contributed by atoms with Crippen molar-refractivity contribution in [1.29, 1.82) is 0 Å². The van der Waals surface area contributed by atoms with E-state index in [0.717, 1.165) is 58.5 Å². The summed E-state index contributed by atoms with van der Waals surface area (Å²) in [6, 6.07) is 3.99. The zero-order chi connectivity index (χ0) is 35.2. The predicted octanol–water partition coefficient (Wildman–Crippen LogP) is 3.95. The number of fused-ring (bicyclic) bond motifs is 2. The van der Waals surface area contributed by atoms with Gasteiger partial charge in [0.05, 0.1) is 25.3 Å². The molecule has 2 aliphatic heterocycles. The van der Waals surface area contributed by atoms with Gasteiger partial charge in [-0.1, -0.05) is 32.4 Å². The Morgan fingerprint density at radius 3 is 2.48 bits per heavy atom. The molecule has 0 spiro atoms. The topological polar surface area (TPSA) is 158 Å². The number of carbonyl (C=O) groups is 3. The number of nitrogens with two attached hydrogens (primary N) is 1. The zero-order valence-corrected chi connectivity index (χ0v) is 29.9. The number of alkyl carbamates (subject to hydrolysis) is 1. The van der Waals surface area contributed by atoms with E-state index in [1.165, 1.54) is 11.3 Å². The molecule has 50 heavy (non-hydrogen) atoms. The van der Waals surface area contributed by atoms with Crippen molar-refractivity contribution in [2.24, 2.45) is 23.0 Å². The normalized spacial score (nSPS) is 27.0. The summed E-state index contributed by atoms with van der Waals surface area (Å²) in [6.45, 7) is 10.1. The third-order valence-corrected chi connectivity index (χ3v) is 10.9. The maximum absolute atomic E-state index is 14.1. The summed E-state index contributed by atoms with van der Waals surface area (Å²) in [6.07, 6.45) is 3.94. The monoisotopic (exact) mass is 712 g/mol. The van der Waals surface area contributed by atoms with Crippen LogP contribution in [-0.4, -0.2) is 109 Å². The van der Waals surface area contributed by atoms with Crippen LogP contribution in [0.1, 0.15) is 59.3 Å². The minimum absolute atomic E-state index is 0.105. The fourth-order valence-corrected chi connectivity index (χ4v) is 7.75. The number of morpholine rings is 1. The number of rotatable bonds is 12. The Bertz CT molecular complexity index is 1600. The molecule has 5 fully saturated rings. The Balaban J connectivity index is 1.07. The van der Waals surface area contributed by atoms with Gasteiger partial charge in [0.1, 0.15) is 53.2 Å². The lowest BCUT2D eigenvalue weighted by Crippen LogP contribution is -2.57. The van der Waals surface area contributed by atoms with Gasteiger partial charge in [-0.25, -0.2) is 9.78 Å². The Morgan fingerprint density at radius 1 is 1.06 bits per heavy atom. The molecule has 14 heteroatoms. The van der Waals surface area contributed by atoms with Crippen LogP contribution >= 0.6 is 11.6 Å². The number of halogens is 1. The molecule has 272 valence electrons. The number of nitrogens with one attached hydrogen (secondary N) is 2. The number of pyridine rings is 1. The largest absolute Gasteiger partial charge is 0.491 e. The first-order valence-electron chi connectivity index (χ1n) is 18.0. The molecule has 1 unspecified atom stereocenters. The minimum Gasteiger partial charge on any atom is -0.491 e. The molecular weight excluding hydrogens is 664 g/mol. The van der Waals surface area contributed by atoms with Gasteiger partial charge in [0.15, 0.2) is 0 Å². The van der Waals surface area contributed by atoms with Crippen molar-refractivity contribution in [2.45, 2.75) is 89.6 Å². The smallest absolute Gasteiger partial charge is 0.408 e. The van der Waals surface area contributed by atoms with Crippen LogP contribution in [0.3, 0.4) is 0 Å². The van der Waals surface area contributed by atoms with E-state index >= 15 is 0 Å². The van der Waals surface area contributed by atoms with E-state index in [4.69, 9.17) is 41.3 Å². The average Bonchev–Trinajstić information content (AvgIpc) is 3.95. The highest BCUT2D eigenvalue weighted by molar-refractivity contribution is 6.36. The van der Waals surface area contributed by atoms with Gasteiger partial charge in [0, 0.05) is 43.5 Å². The lowest BCUT2D eigenvalue weighted by Gasteiger charge is -2.35. The second kappa shape index (κ2) is 14.2.